The standard InChI is InChI=1S/C35H34F3NO5/c1-34(2,33(41)42)26-9-6-8-25(19-26)23-13-11-22(12-14-23)20-39(21-27-16-18-30(44-27)35(36,37)38)32(40)31-28-10-5-4-7-24(28)15-17-29(31)43-3/h6,8-9,11-19H,4-5,7,10,20-21H2,1-3H3,(H,41,42). The summed E-state index contributed by atoms with van der Waals surface area (Å²) in [4.78, 5) is 27.5. The lowest BCUT2D eigenvalue weighted by atomic mass is 9.83. The maximum absolute atomic E-state index is 14.2. The van der Waals surface area contributed by atoms with Crippen LogP contribution in [0.5, 0.6) is 5.75 Å². The Labute approximate surface area is 254 Å². The van der Waals surface area contributed by atoms with E-state index in [2.05, 4.69) is 0 Å². The molecule has 230 valence electrons. The molecule has 1 heterocycles. The van der Waals surface area contributed by atoms with E-state index in [-0.39, 0.29) is 24.8 Å². The maximum Gasteiger partial charge on any atom is 0.449 e. The normalized spacial score (nSPS) is 13.3. The van der Waals surface area contributed by atoms with Crippen molar-refractivity contribution in [1.82, 2.24) is 4.90 Å². The zero-order valence-corrected chi connectivity index (χ0v) is 24.8. The molecule has 1 aliphatic rings. The summed E-state index contributed by atoms with van der Waals surface area (Å²) in [7, 11) is 1.50. The summed E-state index contributed by atoms with van der Waals surface area (Å²) >= 11 is 0. The zero-order chi connectivity index (χ0) is 31.6. The highest BCUT2D eigenvalue weighted by Crippen LogP contribution is 2.35. The van der Waals surface area contributed by atoms with Crippen molar-refractivity contribution in [3.8, 4) is 16.9 Å². The molecule has 0 saturated carbocycles. The van der Waals surface area contributed by atoms with E-state index >= 15 is 0 Å². The van der Waals surface area contributed by atoms with Crippen molar-refractivity contribution >= 4 is 11.9 Å². The second-order valence-corrected chi connectivity index (χ2v) is 11.6. The number of hydrogen-bond donors (Lipinski definition) is 1. The van der Waals surface area contributed by atoms with E-state index in [4.69, 9.17) is 9.15 Å². The average Bonchev–Trinajstić information content (AvgIpc) is 3.49. The van der Waals surface area contributed by atoms with Crippen molar-refractivity contribution in [2.24, 2.45) is 0 Å². The lowest BCUT2D eigenvalue weighted by Crippen LogP contribution is -2.31. The van der Waals surface area contributed by atoms with Crippen LogP contribution in [0, 0.1) is 0 Å². The number of carboxylic acid groups (broad SMARTS) is 1. The van der Waals surface area contributed by atoms with Gasteiger partial charge in [0.05, 0.1) is 24.6 Å². The first-order chi connectivity index (χ1) is 20.9. The Morgan fingerprint density at radius 2 is 1.64 bits per heavy atom. The van der Waals surface area contributed by atoms with Gasteiger partial charge in [-0.25, -0.2) is 0 Å². The summed E-state index contributed by atoms with van der Waals surface area (Å²) in [5.74, 6) is -1.95. The van der Waals surface area contributed by atoms with E-state index in [0.29, 0.717) is 23.3 Å². The van der Waals surface area contributed by atoms with Crippen molar-refractivity contribution in [2.45, 2.75) is 64.2 Å². The van der Waals surface area contributed by atoms with Crippen LogP contribution in [0.1, 0.15) is 70.8 Å². The molecule has 6 nitrogen and oxygen atoms in total. The third kappa shape index (κ3) is 6.37. The van der Waals surface area contributed by atoms with Gasteiger partial charge in [0.15, 0.2) is 0 Å². The first-order valence-corrected chi connectivity index (χ1v) is 14.5. The number of carboxylic acids is 1. The predicted molar refractivity (Wildman–Crippen MR) is 159 cm³/mol. The number of carbonyl (C=O) groups is 2. The smallest absolute Gasteiger partial charge is 0.449 e. The fourth-order valence-electron chi connectivity index (χ4n) is 5.61. The zero-order valence-electron chi connectivity index (χ0n) is 24.8. The van der Waals surface area contributed by atoms with E-state index in [1.807, 2.05) is 48.5 Å². The molecule has 0 atom stereocenters. The summed E-state index contributed by atoms with van der Waals surface area (Å²) in [6, 6.07) is 20.7. The van der Waals surface area contributed by atoms with Gasteiger partial charge in [-0.05, 0) is 91.1 Å². The van der Waals surface area contributed by atoms with Gasteiger partial charge in [-0.15, -0.1) is 0 Å². The van der Waals surface area contributed by atoms with Gasteiger partial charge in [0.1, 0.15) is 11.5 Å². The second-order valence-electron chi connectivity index (χ2n) is 11.6. The first-order valence-electron chi connectivity index (χ1n) is 14.5. The Kier molecular flexibility index (Phi) is 8.59. The summed E-state index contributed by atoms with van der Waals surface area (Å²) < 4.78 is 50.6. The molecule has 0 bridgehead atoms. The van der Waals surface area contributed by atoms with Gasteiger partial charge in [0, 0.05) is 6.54 Å². The lowest BCUT2D eigenvalue weighted by molar-refractivity contribution is -0.153. The average molecular weight is 606 g/mol. The van der Waals surface area contributed by atoms with Gasteiger partial charge in [-0.2, -0.15) is 13.2 Å². The SMILES string of the molecule is COc1ccc2c(c1C(=O)N(Cc1ccc(-c3cccc(C(C)(C)C(=O)O)c3)cc1)Cc1ccc(C(F)(F)F)o1)CCCC2. The highest BCUT2D eigenvalue weighted by molar-refractivity contribution is 5.99. The van der Waals surface area contributed by atoms with Gasteiger partial charge in [0.25, 0.3) is 5.91 Å². The maximum atomic E-state index is 14.2. The number of benzene rings is 3. The molecule has 1 N–H and O–H groups in total. The topological polar surface area (TPSA) is 80.0 Å². The number of ether oxygens (including phenoxy) is 1. The third-order valence-corrected chi connectivity index (χ3v) is 8.28. The van der Waals surface area contributed by atoms with Crippen LogP contribution in [-0.2, 0) is 42.3 Å². The van der Waals surface area contributed by atoms with E-state index in [1.54, 1.807) is 26.0 Å². The Morgan fingerprint density at radius 1 is 0.909 bits per heavy atom. The van der Waals surface area contributed by atoms with Gasteiger partial charge >= 0.3 is 12.1 Å². The van der Waals surface area contributed by atoms with Crippen LogP contribution < -0.4 is 4.74 Å². The quantitative estimate of drug-likeness (QED) is 0.209. The number of aliphatic carboxylic acids is 1. The fourth-order valence-corrected chi connectivity index (χ4v) is 5.61. The van der Waals surface area contributed by atoms with Crippen LogP contribution in [0.4, 0.5) is 13.2 Å². The number of amides is 1. The Balaban J connectivity index is 1.47. The number of alkyl halides is 3. The van der Waals surface area contributed by atoms with Crippen molar-refractivity contribution in [2.75, 3.05) is 7.11 Å². The van der Waals surface area contributed by atoms with Crippen molar-refractivity contribution < 1.29 is 37.0 Å². The number of aryl methyl sites for hydroxylation is 1. The Hall–Kier alpha value is -4.53. The molecule has 1 aromatic heterocycles. The van der Waals surface area contributed by atoms with Gasteiger partial charge in [-0.1, -0.05) is 54.6 Å². The van der Waals surface area contributed by atoms with E-state index < -0.39 is 23.3 Å². The molecule has 0 unspecified atom stereocenters. The third-order valence-electron chi connectivity index (χ3n) is 8.28. The van der Waals surface area contributed by atoms with Crippen molar-refractivity contribution in [1.29, 1.82) is 0 Å². The van der Waals surface area contributed by atoms with Gasteiger partial charge in [0.2, 0.25) is 5.76 Å². The molecule has 0 saturated heterocycles. The van der Waals surface area contributed by atoms with Crippen molar-refractivity contribution in [3.05, 3.63) is 112 Å². The lowest BCUT2D eigenvalue weighted by Gasteiger charge is -2.27. The monoisotopic (exact) mass is 605 g/mol. The molecule has 1 aliphatic carbocycles. The highest BCUT2D eigenvalue weighted by Gasteiger charge is 2.35. The Morgan fingerprint density at radius 3 is 2.30 bits per heavy atom. The van der Waals surface area contributed by atoms with Gasteiger partial charge < -0.3 is 19.2 Å². The minimum Gasteiger partial charge on any atom is -0.496 e. The van der Waals surface area contributed by atoms with E-state index in [9.17, 15) is 27.9 Å². The highest BCUT2D eigenvalue weighted by atomic mass is 19.4. The number of furan rings is 1. The molecular formula is C35H34F3NO5. The minimum atomic E-state index is -4.64. The van der Waals surface area contributed by atoms with E-state index in [0.717, 1.165) is 53.1 Å². The summed E-state index contributed by atoms with van der Waals surface area (Å²) in [5.41, 5.74) is 4.49. The summed E-state index contributed by atoms with van der Waals surface area (Å²) in [5, 5.41) is 9.65. The van der Waals surface area contributed by atoms with Gasteiger partial charge in [-0.3, -0.25) is 9.59 Å². The van der Waals surface area contributed by atoms with Crippen LogP contribution in [0.15, 0.2) is 77.2 Å². The number of rotatable bonds is 9. The molecule has 0 spiro atoms. The summed E-state index contributed by atoms with van der Waals surface area (Å²) in [6.45, 7) is 3.24. The number of halogens is 3. The summed E-state index contributed by atoms with van der Waals surface area (Å²) in [6.07, 6.45) is -1.13. The number of carbonyl (C=O) groups excluding carboxylic acids is 1. The van der Waals surface area contributed by atoms with Crippen molar-refractivity contribution in [3.63, 3.8) is 0 Å². The molecule has 9 heteroatoms. The molecule has 0 aliphatic heterocycles. The van der Waals surface area contributed by atoms with Crippen LogP contribution in [0.25, 0.3) is 11.1 Å². The van der Waals surface area contributed by atoms with Crippen LogP contribution >= 0.6 is 0 Å². The molecule has 5 rings (SSSR count). The predicted octanol–water partition coefficient (Wildman–Crippen LogP) is 8.06. The van der Waals surface area contributed by atoms with E-state index in [1.165, 1.54) is 18.1 Å². The van der Waals surface area contributed by atoms with Crippen LogP contribution in [0.3, 0.4) is 0 Å². The van der Waals surface area contributed by atoms with Crippen LogP contribution in [-0.4, -0.2) is 29.0 Å². The molecular weight excluding hydrogens is 571 g/mol. The Bertz CT molecular complexity index is 1670. The second kappa shape index (κ2) is 12.2. The molecule has 1 amide bonds. The molecule has 4 aromatic rings. The molecule has 0 fully saturated rings. The molecule has 0 radical (unpaired) electrons. The largest absolute Gasteiger partial charge is 0.496 e. The number of nitrogens with zero attached hydrogens (tertiary/aromatic N) is 1. The molecule has 3 aromatic carbocycles. The first kappa shape index (κ1) is 30.9. The minimum absolute atomic E-state index is 0.0175. The fraction of sp³-hybridized carbons (Fsp3) is 0.314. The number of methoxy groups -OCH3 is 1. The number of hydrogen-bond acceptors (Lipinski definition) is 4. The molecule has 44 heavy (non-hydrogen) atoms. The van der Waals surface area contributed by atoms with Crippen LogP contribution in [0.2, 0.25) is 0 Å². The number of fused-ring (bicyclic) bond motifs is 1.